The first kappa shape index (κ1) is 18.8. The maximum atomic E-state index is 12.2. The number of methoxy groups -OCH3 is 2. The average Bonchev–Trinajstić information content (AvgIpc) is 3.12. The number of carbonyl (C=O) groups is 3. The Balaban J connectivity index is 2.07. The lowest BCUT2D eigenvalue weighted by molar-refractivity contribution is -0.119. The Labute approximate surface area is 148 Å². The molecule has 0 aliphatic heterocycles. The molecular weight excluding hydrogens is 346 g/mol. The van der Waals surface area contributed by atoms with Crippen LogP contribution in [-0.4, -0.2) is 38.7 Å². The molecule has 0 fully saturated rings. The van der Waals surface area contributed by atoms with Crippen LogP contribution in [0.2, 0.25) is 0 Å². The first-order valence-electron chi connectivity index (χ1n) is 7.37. The molecule has 26 heavy (non-hydrogen) atoms. The number of hydrogen-bond acceptors (Lipinski definition) is 8. The van der Waals surface area contributed by atoms with Gasteiger partial charge in [0.2, 0.25) is 0 Å². The van der Waals surface area contributed by atoms with Crippen LogP contribution in [0, 0.1) is 0 Å². The van der Waals surface area contributed by atoms with E-state index >= 15 is 0 Å². The van der Waals surface area contributed by atoms with E-state index in [1.807, 2.05) is 0 Å². The molecule has 0 saturated heterocycles. The number of hydrogen-bond donors (Lipinski definition) is 1. The van der Waals surface area contributed by atoms with Gasteiger partial charge < -0.3 is 29.1 Å². The molecule has 2 N–H and O–H groups in total. The predicted molar refractivity (Wildman–Crippen MR) is 86.9 cm³/mol. The van der Waals surface area contributed by atoms with Crippen LogP contribution in [-0.2, 0) is 20.9 Å². The number of rotatable bonds is 8. The Morgan fingerprint density at radius 3 is 2.50 bits per heavy atom. The Morgan fingerprint density at radius 2 is 1.85 bits per heavy atom. The van der Waals surface area contributed by atoms with E-state index in [2.05, 4.69) is 4.74 Å². The maximum Gasteiger partial charge on any atom is 0.341 e. The van der Waals surface area contributed by atoms with Crippen molar-refractivity contribution in [2.24, 2.45) is 5.73 Å². The van der Waals surface area contributed by atoms with E-state index in [4.69, 9.17) is 24.4 Å². The standard InChI is InChI=1S/C17H17NO8/c1-22-13-7-10(3-4-12(13)25-9-15(18)19)16(20)26-8-14-11(5-6-24-14)17(21)23-2/h3-7H,8-9H2,1-2H3,(H2,18,19). The van der Waals surface area contributed by atoms with Crippen LogP contribution in [0.3, 0.4) is 0 Å². The molecule has 2 aromatic rings. The first-order chi connectivity index (χ1) is 12.5. The molecule has 0 unspecified atom stereocenters. The van der Waals surface area contributed by atoms with Crippen LogP contribution >= 0.6 is 0 Å². The number of esters is 2. The monoisotopic (exact) mass is 363 g/mol. The summed E-state index contributed by atoms with van der Waals surface area (Å²) in [7, 11) is 2.62. The molecule has 1 amide bonds. The quantitative estimate of drug-likeness (QED) is 0.695. The van der Waals surface area contributed by atoms with E-state index in [-0.39, 0.29) is 41.6 Å². The Bertz CT molecular complexity index is 811. The summed E-state index contributed by atoms with van der Waals surface area (Å²) in [6.07, 6.45) is 1.29. The molecule has 1 heterocycles. The van der Waals surface area contributed by atoms with Crippen molar-refractivity contribution < 1.29 is 37.7 Å². The second kappa shape index (κ2) is 8.56. The van der Waals surface area contributed by atoms with E-state index < -0.39 is 17.8 Å². The zero-order chi connectivity index (χ0) is 19.1. The highest BCUT2D eigenvalue weighted by Crippen LogP contribution is 2.28. The molecule has 0 aliphatic rings. The molecular formula is C17H17NO8. The number of amides is 1. The molecule has 2 rings (SSSR count). The summed E-state index contributed by atoms with van der Waals surface area (Å²) in [5, 5.41) is 0. The third-order valence-electron chi connectivity index (χ3n) is 3.25. The van der Waals surface area contributed by atoms with Crippen LogP contribution in [0.5, 0.6) is 11.5 Å². The lowest BCUT2D eigenvalue weighted by Gasteiger charge is -2.11. The SMILES string of the molecule is COC(=O)c1ccoc1COC(=O)c1ccc(OCC(N)=O)c(OC)c1. The third-order valence-corrected chi connectivity index (χ3v) is 3.25. The van der Waals surface area contributed by atoms with Crippen LogP contribution in [0.15, 0.2) is 34.9 Å². The fourth-order valence-electron chi connectivity index (χ4n) is 2.02. The smallest absolute Gasteiger partial charge is 0.341 e. The number of nitrogens with two attached hydrogens (primary N) is 1. The summed E-state index contributed by atoms with van der Waals surface area (Å²) in [5.74, 6) is -1.26. The highest BCUT2D eigenvalue weighted by Gasteiger charge is 2.18. The largest absolute Gasteiger partial charge is 0.493 e. The normalized spacial score (nSPS) is 10.1. The highest BCUT2D eigenvalue weighted by molar-refractivity contribution is 5.91. The first-order valence-corrected chi connectivity index (χ1v) is 7.37. The van der Waals surface area contributed by atoms with Crippen LogP contribution in [0.4, 0.5) is 0 Å². The van der Waals surface area contributed by atoms with Gasteiger partial charge in [0, 0.05) is 0 Å². The van der Waals surface area contributed by atoms with Crippen molar-refractivity contribution in [1.82, 2.24) is 0 Å². The molecule has 0 radical (unpaired) electrons. The second-order valence-electron chi connectivity index (χ2n) is 4.95. The van der Waals surface area contributed by atoms with Crippen LogP contribution in [0.25, 0.3) is 0 Å². The fourth-order valence-corrected chi connectivity index (χ4v) is 2.02. The molecule has 9 heteroatoms. The fraction of sp³-hybridized carbons (Fsp3) is 0.235. The van der Waals surface area contributed by atoms with Crippen molar-refractivity contribution in [3.05, 3.63) is 47.4 Å². The topological polar surface area (TPSA) is 127 Å². The van der Waals surface area contributed by atoms with Crippen LogP contribution < -0.4 is 15.2 Å². The van der Waals surface area contributed by atoms with Crippen LogP contribution in [0.1, 0.15) is 26.5 Å². The number of benzene rings is 1. The second-order valence-corrected chi connectivity index (χ2v) is 4.95. The molecule has 0 atom stereocenters. The van der Waals surface area contributed by atoms with Gasteiger partial charge in [0.1, 0.15) is 5.56 Å². The number of primary amides is 1. The summed E-state index contributed by atoms with van der Waals surface area (Å²) < 4.78 is 25.2. The van der Waals surface area contributed by atoms with E-state index in [1.165, 1.54) is 44.7 Å². The Hall–Kier alpha value is -3.49. The Kier molecular flexibility index (Phi) is 6.20. The zero-order valence-corrected chi connectivity index (χ0v) is 14.1. The van der Waals surface area contributed by atoms with Crippen molar-refractivity contribution in [2.75, 3.05) is 20.8 Å². The minimum atomic E-state index is -0.669. The van der Waals surface area contributed by atoms with Crippen molar-refractivity contribution in [1.29, 1.82) is 0 Å². The molecule has 138 valence electrons. The summed E-state index contributed by atoms with van der Waals surface area (Å²) in [4.78, 5) is 34.5. The van der Waals surface area contributed by atoms with Crippen molar-refractivity contribution >= 4 is 17.8 Å². The minimum absolute atomic E-state index is 0.165. The zero-order valence-electron chi connectivity index (χ0n) is 14.1. The molecule has 0 saturated carbocycles. The van der Waals surface area contributed by atoms with Gasteiger partial charge in [-0.25, -0.2) is 9.59 Å². The van der Waals surface area contributed by atoms with Gasteiger partial charge in [-0.2, -0.15) is 0 Å². The van der Waals surface area contributed by atoms with Crippen molar-refractivity contribution in [3.63, 3.8) is 0 Å². The van der Waals surface area contributed by atoms with Gasteiger partial charge in [-0.05, 0) is 24.3 Å². The number of ether oxygens (including phenoxy) is 4. The predicted octanol–water partition coefficient (Wildman–Crippen LogP) is 1.30. The number of furan rings is 1. The lowest BCUT2D eigenvalue weighted by Crippen LogP contribution is -2.20. The number of carbonyl (C=O) groups excluding carboxylic acids is 3. The summed E-state index contributed by atoms with van der Waals surface area (Å²) in [6, 6.07) is 5.70. The van der Waals surface area contributed by atoms with E-state index in [1.54, 1.807) is 0 Å². The van der Waals surface area contributed by atoms with E-state index in [0.29, 0.717) is 0 Å². The Morgan fingerprint density at radius 1 is 1.08 bits per heavy atom. The molecule has 0 aliphatic carbocycles. The van der Waals surface area contributed by atoms with E-state index in [0.717, 1.165) is 0 Å². The molecule has 1 aromatic heterocycles. The highest BCUT2D eigenvalue weighted by atomic mass is 16.5. The summed E-state index contributed by atoms with van der Waals surface area (Å²) in [6.45, 7) is -0.576. The van der Waals surface area contributed by atoms with Crippen molar-refractivity contribution in [3.8, 4) is 11.5 Å². The van der Waals surface area contributed by atoms with Gasteiger partial charge >= 0.3 is 11.9 Å². The molecule has 1 aromatic carbocycles. The van der Waals surface area contributed by atoms with Gasteiger partial charge in [-0.15, -0.1) is 0 Å². The summed E-state index contributed by atoms with van der Waals surface area (Å²) >= 11 is 0. The van der Waals surface area contributed by atoms with Gasteiger partial charge in [0.25, 0.3) is 5.91 Å². The van der Waals surface area contributed by atoms with E-state index in [9.17, 15) is 14.4 Å². The summed E-state index contributed by atoms with van der Waals surface area (Å²) in [5.41, 5.74) is 5.37. The third kappa shape index (κ3) is 4.53. The van der Waals surface area contributed by atoms with Gasteiger partial charge in [0.15, 0.2) is 30.5 Å². The molecule has 9 nitrogen and oxygen atoms in total. The maximum absolute atomic E-state index is 12.2. The molecule has 0 spiro atoms. The van der Waals surface area contributed by atoms with Crippen molar-refractivity contribution in [2.45, 2.75) is 6.61 Å². The van der Waals surface area contributed by atoms with Gasteiger partial charge in [-0.3, -0.25) is 4.79 Å². The van der Waals surface area contributed by atoms with Gasteiger partial charge in [0.05, 0.1) is 26.0 Å². The van der Waals surface area contributed by atoms with Gasteiger partial charge in [-0.1, -0.05) is 0 Å². The molecule has 0 bridgehead atoms. The average molecular weight is 363 g/mol. The lowest BCUT2D eigenvalue weighted by atomic mass is 10.2. The minimum Gasteiger partial charge on any atom is -0.493 e.